The Labute approximate surface area is 161 Å². The van der Waals surface area contributed by atoms with Crippen LogP contribution in [-0.4, -0.2) is 56.4 Å². The minimum absolute atomic E-state index is 0.0845. The third-order valence-corrected chi connectivity index (χ3v) is 5.42. The van der Waals surface area contributed by atoms with E-state index >= 15 is 0 Å². The predicted molar refractivity (Wildman–Crippen MR) is 94.7 cm³/mol. The first-order valence-corrected chi connectivity index (χ1v) is 9.03. The highest BCUT2D eigenvalue weighted by Gasteiger charge is 2.61. The molecule has 2 aliphatic rings. The number of nitrogens with one attached hydrogen (secondary N) is 1. The maximum absolute atomic E-state index is 13.3. The third-order valence-electron chi connectivity index (χ3n) is 5.15. The smallest absolute Gasteiger partial charge is 0.279 e. The van der Waals surface area contributed by atoms with E-state index in [9.17, 15) is 23.9 Å². The molecular weight excluding hydrogens is 377 g/mol. The molecule has 1 aromatic carbocycles. The number of aliphatic hydroxyl groups is 1. The lowest BCUT2D eigenvalue weighted by atomic mass is 10.0. The van der Waals surface area contributed by atoms with Gasteiger partial charge in [-0.2, -0.15) is 0 Å². The van der Waals surface area contributed by atoms with Crippen molar-refractivity contribution in [3.63, 3.8) is 0 Å². The van der Waals surface area contributed by atoms with E-state index in [1.165, 1.54) is 30.0 Å². The van der Waals surface area contributed by atoms with Gasteiger partial charge in [-0.25, -0.2) is 8.81 Å². The lowest BCUT2D eigenvalue weighted by molar-refractivity contribution is -0.159. The van der Waals surface area contributed by atoms with Crippen LogP contribution >= 0.6 is 11.8 Å². The Morgan fingerprint density at radius 2 is 2.07 bits per heavy atom. The Kier molecular flexibility index (Phi) is 5.14. The second-order valence-corrected chi connectivity index (χ2v) is 7.56. The van der Waals surface area contributed by atoms with Crippen molar-refractivity contribution in [3.05, 3.63) is 35.6 Å². The van der Waals surface area contributed by atoms with E-state index < -0.39 is 28.8 Å². The van der Waals surface area contributed by atoms with Crippen LogP contribution < -0.4 is 5.32 Å². The SMILES string of the molecule is CC(=O)NCC1(N2CC[C@@](O)(C(=O)N(Cl)Cc3cccc(F)c3)C2=O)CC1. The van der Waals surface area contributed by atoms with Gasteiger partial charge in [-0.1, -0.05) is 12.1 Å². The molecule has 2 N–H and O–H groups in total. The number of halogens is 2. The molecular formula is C18H21ClFN3O4. The summed E-state index contributed by atoms with van der Waals surface area (Å²) in [7, 11) is 0. The van der Waals surface area contributed by atoms with E-state index in [2.05, 4.69) is 5.32 Å². The number of hydrogen-bond donors (Lipinski definition) is 2. The zero-order chi connectivity index (χ0) is 19.8. The molecule has 0 unspecified atom stereocenters. The lowest BCUT2D eigenvalue weighted by Crippen LogP contribution is -2.55. The lowest BCUT2D eigenvalue weighted by Gasteiger charge is -2.30. The second kappa shape index (κ2) is 7.09. The molecule has 0 aromatic heterocycles. The fraction of sp³-hybridized carbons (Fsp3) is 0.500. The van der Waals surface area contributed by atoms with Crippen LogP contribution in [0.25, 0.3) is 0 Å². The summed E-state index contributed by atoms with van der Waals surface area (Å²) in [5, 5.41) is 13.4. The van der Waals surface area contributed by atoms with Crippen LogP contribution in [-0.2, 0) is 20.9 Å². The summed E-state index contributed by atoms with van der Waals surface area (Å²) in [5.74, 6) is -2.32. The number of nitrogens with zero attached hydrogens (tertiary/aromatic N) is 2. The topological polar surface area (TPSA) is 90.0 Å². The average Bonchev–Trinajstić information content (AvgIpc) is 3.33. The fourth-order valence-electron chi connectivity index (χ4n) is 3.40. The molecule has 3 rings (SSSR count). The van der Waals surface area contributed by atoms with Gasteiger partial charge in [0.05, 0.1) is 12.1 Å². The zero-order valence-corrected chi connectivity index (χ0v) is 15.6. The van der Waals surface area contributed by atoms with Gasteiger partial charge in [0, 0.05) is 38.2 Å². The van der Waals surface area contributed by atoms with E-state index in [0.29, 0.717) is 22.8 Å². The van der Waals surface area contributed by atoms with Gasteiger partial charge in [-0.15, -0.1) is 0 Å². The van der Waals surface area contributed by atoms with Crippen LogP contribution in [0.15, 0.2) is 24.3 Å². The van der Waals surface area contributed by atoms with Crippen LogP contribution in [0.3, 0.4) is 0 Å². The van der Waals surface area contributed by atoms with Crippen LogP contribution in [0.2, 0.25) is 0 Å². The van der Waals surface area contributed by atoms with E-state index in [1.54, 1.807) is 6.07 Å². The first kappa shape index (κ1) is 19.6. The summed E-state index contributed by atoms with van der Waals surface area (Å²) in [6.45, 7) is 1.72. The van der Waals surface area contributed by atoms with Crippen molar-refractivity contribution in [3.8, 4) is 0 Å². The molecule has 146 valence electrons. The van der Waals surface area contributed by atoms with Gasteiger partial charge < -0.3 is 15.3 Å². The average molecular weight is 398 g/mol. The molecule has 7 nitrogen and oxygen atoms in total. The molecule has 1 saturated heterocycles. The van der Waals surface area contributed by atoms with Gasteiger partial charge in [-0.05, 0) is 30.5 Å². The van der Waals surface area contributed by atoms with E-state index in [4.69, 9.17) is 11.8 Å². The molecule has 2 fully saturated rings. The van der Waals surface area contributed by atoms with Gasteiger partial charge in [0.15, 0.2) is 0 Å². The summed E-state index contributed by atoms with van der Waals surface area (Å²) >= 11 is 6.01. The molecule has 3 amide bonds. The second-order valence-electron chi connectivity index (χ2n) is 7.16. The van der Waals surface area contributed by atoms with Crippen LogP contribution in [0.1, 0.15) is 31.7 Å². The molecule has 9 heteroatoms. The molecule has 1 atom stereocenters. The van der Waals surface area contributed by atoms with Crippen LogP contribution in [0.4, 0.5) is 4.39 Å². The molecule has 1 aliphatic carbocycles. The molecule has 27 heavy (non-hydrogen) atoms. The summed E-state index contributed by atoms with van der Waals surface area (Å²) in [6, 6.07) is 5.56. The van der Waals surface area contributed by atoms with Crippen LogP contribution in [0.5, 0.6) is 0 Å². The van der Waals surface area contributed by atoms with Crippen molar-refractivity contribution in [1.82, 2.24) is 14.6 Å². The van der Waals surface area contributed by atoms with E-state index in [-0.39, 0.29) is 32.0 Å². The third kappa shape index (κ3) is 3.77. The number of amides is 3. The van der Waals surface area contributed by atoms with Gasteiger partial charge in [0.2, 0.25) is 11.5 Å². The van der Waals surface area contributed by atoms with Crippen molar-refractivity contribution in [2.45, 2.75) is 43.9 Å². The highest BCUT2D eigenvalue weighted by atomic mass is 35.5. The van der Waals surface area contributed by atoms with Crippen molar-refractivity contribution >= 4 is 29.5 Å². The minimum atomic E-state index is -2.25. The molecule has 1 heterocycles. The minimum Gasteiger partial charge on any atom is -0.372 e. The molecule has 1 aliphatic heterocycles. The van der Waals surface area contributed by atoms with Crippen molar-refractivity contribution in [2.75, 3.05) is 13.1 Å². The number of carbonyl (C=O) groups excluding carboxylic acids is 3. The standard InChI is InChI=1S/C18H21ClFN3O4/c1-12(24)21-11-17(5-6-17)22-8-7-18(27,15(22)25)16(26)23(19)10-13-3-2-4-14(20)9-13/h2-4,9,27H,5-8,10-11H2,1H3,(H,21,24)/t18-/m0/s1. The fourth-order valence-corrected chi connectivity index (χ4v) is 3.68. The van der Waals surface area contributed by atoms with Crippen molar-refractivity contribution < 1.29 is 23.9 Å². The molecule has 1 saturated carbocycles. The predicted octanol–water partition coefficient (Wildman–Crippen LogP) is 0.940. The maximum Gasteiger partial charge on any atom is 0.279 e. The molecule has 0 spiro atoms. The Morgan fingerprint density at radius 1 is 1.37 bits per heavy atom. The number of benzene rings is 1. The van der Waals surface area contributed by atoms with E-state index in [1.807, 2.05) is 0 Å². The maximum atomic E-state index is 13.3. The monoisotopic (exact) mass is 397 g/mol. The Morgan fingerprint density at radius 3 is 2.67 bits per heavy atom. The van der Waals surface area contributed by atoms with Crippen molar-refractivity contribution in [2.24, 2.45) is 0 Å². The highest BCUT2D eigenvalue weighted by molar-refractivity contribution is 6.25. The van der Waals surface area contributed by atoms with E-state index in [0.717, 1.165) is 0 Å². The summed E-state index contributed by atoms with van der Waals surface area (Å²) < 4.78 is 14.0. The normalized spacial score (nSPS) is 23.3. The van der Waals surface area contributed by atoms with Crippen molar-refractivity contribution in [1.29, 1.82) is 0 Å². The molecule has 0 bridgehead atoms. The summed E-state index contributed by atoms with van der Waals surface area (Å²) in [4.78, 5) is 38.1. The number of rotatable bonds is 6. The molecule has 0 radical (unpaired) electrons. The van der Waals surface area contributed by atoms with Gasteiger partial charge in [0.1, 0.15) is 5.82 Å². The van der Waals surface area contributed by atoms with Gasteiger partial charge in [0.25, 0.3) is 11.8 Å². The van der Waals surface area contributed by atoms with Gasteiger partial charge in [-0.3, -0.25) is 14.4 Å². The first-order chi connectivity index (χ1) is 12.7. The quantitative estimate of drug-likeness (QED) is 0.552. The largest absolute Gasteiger partial charge is 0.372 e. The van der Waals surface area contributed by atoms with Crippen LogP contribution in [0, 0.1) is 5.82 Å². The zero-order valence-electron chi connectivity index (χ0n) is 14.9. The Hall–Kier alpha value is -2.19. The Balaban J connectivity index is 1.69. The Bertz CT molecular complexity index is 786. The molecule has 1 aromatic rings. The van der Waals surface area contributed by atoms with Gasteiger partial charge >= 0.3 is 0 Å². The number of likely N-dealkylation sites (tertiary alicyclic amines) is 1. The first-order valence-electron chi connectivity index (χ1n) is 8.69. The summed E-state index contributed by atoms with van der Waals surface area (Å²) in [5.41, 5.74) is -2.36. The number of hydrogen-bond acceptors (Lipinski definition) is 4. The highest BCUT2D eigenvalue weighted by Crippen LogP contribution is 2.45. The summed E-state index contributed by atoms with van der Waals surface area (Å²) in [6.07, 6.45) is 1.30. The number of carbonyl (C=O) groups is 3.